The summed E-state index contributed by atoms with van der Waals surface area (Å²) < 4.78 is 22.4. The Balaban J connectivity index is 3.10. The highest BCUT2D eigenvalue weighted by molar-refractivity contribution is 5.34. The van der Waals surface area contributed by atoms with E-state index in [0.717, 1.165) is 0 Å². The zero-order valence-corrected chi connectivity index (χ0v) is 6.35. The highest BCUT2D eigenvalue weighted by Gasteiger charge is 2.07. The zero-order valence-electron chi connectivity index (χ0n) is 6.35. The fraction of sp³-hybridized carbons (Fsp3) is 0.250. The fourth-order valence-corrected chi connectivity index (χ4v) is 0.738. The van der Waals surface area contributed by atoms with E-state index in [1.165, 1.54) is 26.4 Å². The Labute approximate surface area is 64.6 Å². The summed E-state index contributed by atoms with van der Waals surface area (Å²) in [5.41, 5.74) is 0. The Kier molecular flexibility index (Phi) is 2.31. The number of rotatable bonds is 2. The largest absolute Gasteiger partial charge is 0.494 e. The highest BCUT2D eigenvalue weighted by atomic mass is 19.1. The predicted octanol–water partition coefficient (Wildman–Crippen LogP) is 1.64. The SMILES string of the molecule is COc1c[c]cc(OC)c1F. The van der Waals surface area contributed by atoms with Crippen LogP contribution < -0.4 is 9.47 Å². The molecule has 0 heterocycles. The lowest BCUT2D eigenvalue weighted by Crippen LogP contribution is -1.92. The minimum Gasteiger partial charge on any atom is -0.494 e. The van der Waals surface area contributed by atoms with E-state index in [2.05, 4.69) is 6.07 Å². The molecule has 0 spiro atoms. The summed E-state index contributed by atoms with van der Waals surface area (Å²) in [4.78, 5) is 0. The molecule has 0 N–H and O–H groups in total. The fourth-order valence-electron chi connectivity index (χ4n) is 0.738. The summed E-state index contributed by atoms with van der Waals surface area (Å²) in [6, 6.07) is 5.51. The van der Waals surface area contributed by atoms with Crippen molar-refractivity contribution in [3.63, 3.8) is 0 Å². The van der Waals surface area contributed by atoms with Crippen LogP contribution in [0.5, 0.6) is 11.5 Å². The van der Waals surface area contributed by atoms with Crippen molar-refractivity contribution < 1.29 is 13.9 Å². The zero-order chi connectivity index (χ0) is 8.27. The van der Waals surface area contributed by atoms with Crippen LogP contribution in [0, 0.1) is 11.9 Å². The Bertz CT molecular complexity index is 226. The summed E-state index contributed by atoms with van der Waals surface area (Å²) >= 11 is 0. The van der Waals surface area contributed by atoms with Gasteiger partial charge in [0.05, 0.1) is 14.2 Å². The van der Waals surface area contributed by atoms with E-state index in [4.69, 9.17) is 9.47 Å². The van der Waals surface area contributed by atoms with E-state index in [1.54, 1.807) is 0 Å². The molecule has 0 amide bonds. The van der Waals surface area contributed by atoms with Crippen molar-refractivity contribution >= 4 is 0 Å². The van der Waals surface area contributed by atoms with Crippen LogP contribution in [-0.2, 0) is 0 Å². The monoisotopic (exact) mass is 155 g/mol. The molecule has 0 aromatic heterocycles. The first-order valence-electron chi connectivity index (χ1n) is 3.07. The van der Waals surface area contributed by atoms with Gasteiger partial charge in [0.2, 0.25) is 5.82 Å². The van der Waals surface area contributed by atoms with E-state index in [1.807, 2.05) is 0 Å². The van der Waals surface area contributed by atoms with Crippen LogP contribution in [0.25, 0.3) is 0 Å². The van der Waals surface area contributed by atoms with Gasteiger partial charge in [-0.1, -0.05) is 0 Å². The average molecular weight is 155 g/mol. The van der Waals surface area contributed by atoms with Gasteiger partial charge in [-0.05, 0) is 18.2 Å². The van der Waals surface area contributed by atoms with Crippen LogP contribution in [0.3, 0.4) is 0 Å². The summed E-state index contributed by atoms with van der Waals surface area (Å²) in [5, 5.41) is 0. The highest BCUT2D eigenvalue weighted by Crippen LogP contribution is 2.24. The van der Waals surface area contributed by atoms with Crippen LogP contribution >= 0.6 is 0 Å². The second-order valence-corrected chi connectivity index (χ2v) is 1.91. The molecular formula is C8H8FO2. The molecule has 11 heavy (non-hydrogen) atoms. The maximum atomic E-state index is 13.0. The van der Waals surface area contributed by atoms with E-state index in [9.17, 15) is 4.39 Å². The molecule has 0 saturated carbocycles. The molecule has 59 valence electrons. The molecule has 0 saturated heterocycles. The third-order valence-electron chi connectivity index (χ3n) is 1.30. The number of ether oxygens (including phenoxy) is 2. The van der Waals surface area contributed by atoms with Gasteiger partial charge in [0.15, 0.2) is 11.5 Å². The lowest BCUT2D eigenvalue weighted by Gasteiger charge is -2.04. The maximum absolute atomic E-state index is 13.0. The first-order chi connectivity index (χ1) is 5.29. The summed E-state index contributed by atoms with van der Waals surface area (Å²) in [6.45, 7) is 0. The Hall–Kier alpha value is -1.25. The van der Waals surface area contributed by atoms with Crippen LogP contribution in [0.4, 0.5) is 4.39 Å². The first-order valence-corrected chi connectivity index (χ1v) is 3.07. The molecule has 0 atom stereocenters. The summed E-state index contributed by atoms with van der Waals surface area (Å²) in [6.07, 6.45) is 0. The molecule has 1 aromatic rings. The van der Waals surface area contributed by atoms with Crippen LogP contribution in [-0.4, -0.2) is 14.2 Å². The summed E-state index contributed by atoms with van der Waals surface area (Å²) in [5.74, 6) is -0.206. The van der Waals surface area contributed by atoms with Gasteiger partial charge in [0, 0.05) is 0 Å². The number of methoxy groups -OCH3 is 2. The lowest BCUT2D eigenvalue weighted by molar-refractivity contribution is 0.350. The van der Waals surface area contributed by atoms with E-state index >= 15 is 0 Å². The third-order valence-corrected chi connectivity index (χ3v) is 1.30. The Morgan fingerprint density at radius 3 is 2.00 bits per heavy atom. The first kappa shape index (κ1) is 7.85. The second kappa shape index (κ2) is 3.23. The number of halogens is 1. The van der Waals surface area contributed by atoms with E-state index < -0.39 is 5.82 Å². The van der Waals surface area contributed by atoms with Gasteiger partial charge in [0.1, 0.15) is 0 Å². The smallest absolute Gasteiger partial charge is 0.206 e. The van der Waals surface area contributed by atoms with E-state index in [0.29, 0.717) is 0 Å². The number of hydrogen-bond donors (Lipinski definition) is 0. The van der Waals surface area contributed by atoms with Crippen molar-refractivity contribution in [1.82, 2.24) is 0 Å². The molecule has 0 aliphatic heterocycles. The van der Waals surface area contributed by atoms with Gasteiger partial charge in [-0.15, -0.1) is 0 Å². The van der Waals surface area contributed by atoms with Gasteiger partial charge in [-0.3, -0.25) is 0 Å². The number of benzene rings is 1. The molecule has 0 aliphatic rings. The lowest BCUT2D eigenvalue weighted by atomic mass is 10.3. The van der Waals surface area contributed by atoms with Crippen molar-refractivity contribution in [2.45, 2.75) is 0 Å². The van der Waals surface area contributed by atoms with Gasteiger partial charge >= 0.3 is 0 Å². The molecule has 2 nitrogen and oxygen atoms in total. The van der Waals surface area contributed by atoms with Crippen molar-refractivity contribution in [1.29, 1.82) is 0 Å². The van der Waals surface area contributed by atoms with Crippen LogP contribution in [0.15, 0.2) is 12.1 Å². The van der Waals surface area contributed by atoms with Crippen molar-refractivity contribution in [3.05, 3.63) is 24.0 Å². The number of hydrogen-bond acceptors (Lipinski definition) is 2. The van der Waals surface area contributed by atoms with Gasteiger partial charge in [-0.2, -0.15) is 4.39 Å². The molecule has 0 bridgehead atoms. The predicted molar refractivity (Wildman–Crippen MR) is 38.3 cm³/mol. The molecule has 1 radical (unpaired) electrons. The van der Waals surface area contributed by atoms with Gasteiger partial charge in [0.25, 0.3) is 0 Å². The molecular weight excluding hydrogens is 147 g/mol. The van der Waals surface area contributed by atoms with Crippen LogP contribution in [0.2, 0.25) is 0 Å². The molecule has 1 rings (SSSR count). The minimum absolute atomic E-state index is 0.143. The molecule has 0 unspecified atom stereocenters. The summed E-state index contributed by atoms with van der Waals surface area (Å²) in [7, 11) is 2.79. The second-order valence-electron chi connectivity index (χ2n) is 1.91. The third kappa shape index (κ3) is 1.42. The quantitative estimate of drug-likeness (QED) is 0.646. The maximum Gasteiger partial charge on any atom is 0.206 e. The van der Waals surface area contributed by atoms with Crippen molar-refractivity contribution in [3.8, 4) is 11.5 Å². The Morgan fingerprint density at radius 2 is 1.64 bits per heavy atom. The topological polar surface area (TPSA) is 18.5 Å². The standard InChI is InChI=1S/C8H8FO2/c1-10-6-4-3-5-7(11-2)8(6)9/h4-5H,1-2H3. The van der Waals surface area contributed by atoms with E-state index in [-0.39, 0.29) is 11.5 Å². The van der Waals surface area contributed by atoms with Crippen molar-refractivity contribution in [2.24, 2.45) is 0 Å². The molecule has 3 heteroatoms. The average Bonchev–Trinajstić information content (AvgIpc) is 2.05. The molecule has 0 aliphatic carbocycles. The van der Waals surface area contributed by atoms with Crippen LogP contribution in [0.1, 0.15) is 0 Å². The van der Waals surface area contributed by atoms with Crippen molar-refractivity contribution in [2.75, 3.05) is 14.2 Å². The van der Waals surface area contributed by atoms with Gasteiger partial charge < -0.3 is 9.47 Å². The van der Waals surface area contributed by atoms with Gasteiger partial charge in [-0.25, -0.2) is 0 Å². The Morgan fingerprint density at radius 1 is 1.18 bits per heavy atom. The molecule has 0 fully saturated rings. The normalized spacial score (nSPS) is 9.36. The minimum atomic E-state index is -0.492. The molecule has 1 aromatic carbocycles.